The molecule has 0 aliphatic rings. The summed E-state index contributed by atoms with van der Waals surface area (Å²) < 4.78 is 4.72. The van der Waals surface area contributed by atoms with Crippen molar-refractivity contribution in [2.75, 3.05) is 11.9 Å². The van der Waals surface area contributed by atoms with Gasteiger partial charge in [-0.25, -0.2) is 4.79 Å². The highest BCUT2D eigenvalue weighted by atomic mass is 16.5. The molecule has 0 atom stereocenters. The third-order valence-corrected chi connectivity index (χ3v) is 1.34. The van der Waals surface area contributed by atoms with Crippen LogP contribution in [-0.2, 0) is 9.53 Å². The highest BCUT2D eigenvalue weighted by Gasteiger charge is 2.13. The second kappa shape index (κ2) is 4.24. The third kappa shape index (κ3) is 2.05. The van der Waals surface area contributed by atoms with Gasteiger partial charge in [-0.2, -0.15) is 5.10 Å². The summed E-state index contributed by atoms with van der Waals surface area (Å²) in [6, 6.07) is 0. The lowest BCUT2D eigenvalue weighted by Crippen LogP contribution is -2.07. The Hall–Kier alpha value is -1.85. The van der Waals surface area contributed by atoms with Crippen LogP contribution in [0.1, 0.15) is 17.3 Å². The summed E-state index contributed by atoms with van der Waals surface area (Å²) in [5, 5.41) is 8.35. The Balaban J connectivity index is 2.80. The summed E-state index contributed by atoms with van der Waals surface area (Å²) in [5.74, 6) is -0.269. The Morgan fingerprint density at radius 2 is 2.62 bits per heavy atom. The minimum absolute atomic E-state index is 0.217. The van der Waals surface area contributed by atoms with E-state index in [1.165, 1.54) is 6.20 Å². The lowest BCUT2D eigenvalue weighted by Gasteiger charge is -2.00. The van der Waals surface area contributed by atoms with Gasteiger partial charge in [0.05, 0.1) is 12.8 Å². The molecule has 1 amide bonds. The first-order valence-corrected chi connectivity index (χ1v) is 3.70. The molecule has 1 aromatic rings. The van der Waals surface area contributed by atoms with Gasteiger partial charge in [-0.3, -0.25) is 9.89 Å². The molecule has 0 fully saturated rings. The van der Waals surface area contributed by atoms with Crippen LogP contribution >= 0.6 is 0 Å². The smallest absolute Gasteiger partial charge is 0.343 e. The van der Waals surface area contributed by atoms with Crippen molar-refractivity contribution in [2.45, 2.75) is 6.92 Å². The van der Waals surface area contributed by atoms with Crippen molar-refractivity contribution in [2.24, 2.45) is 0 Å². The zero-order chi connectivity index (χ0) is 9.68. The standard InChI is InChI=1S/C7H9N3O3/c1-2-13-7(12)5-3-9-10-6(5)8-4-11/h3-4H,2H2,1H3,(H2,8,9,10,11). The Kier molecular flexibility index (Phi) is 3.02. The highest BCUT2D eigenvalue weighted by molar-refractivity contribution is 5.96. The normalized spacial score (nSPS) is 9.31. The molecule has 0 unspecified atom stereocenters. The van der Waals surface area contributed by atoms with Crippen LogP contribution in [0, 0.1) is 0 Å². The number of H-pyrrole nitrogens is 1. The summed E-state index contributed by atoms with van der Waals surface area (Å²) in [7, 11) is 0. The summed E-state index contributed by atoms with van der Waals surface area (Å²) in [6.45, 7) is 1.98. The lowest BCUT2D eigenvalue weighted by atomic mass is 10.3. The molecule has 6 heteroatoms. The fourth-order valence-electron chi connectivity index (χ4n) is 0.819. The first-order valence-electron chi connectivity index (χ1n) is 3.70. The largest absolute Gasteiger partial charge is 0.462 e. The molecule has 1 heterocycles. The maximum atomic E-state index is 11.2. The molecule has 13 heavy (non-hydrogen) atoms. The molecule has 1 rings (SSSR count). The maximum absolute atomic E-state index is 11.2. The van der Waals surface area contributed by atoms with E-state index in [0.29, 0.717) is 6.41 Å². The zero-order valence-corrected chi connectivity index (χ0v) is 7.03. The second-order valence-corrected chi connectivity index (χ2v) is 2.14. The van der Waals surface area contributed by atoms with Gasteiger partial charge in [0.25, 0.3) is 0 Å². The molecular weight excluding hydrogens is 174 g/mol. The summed E-state index contributed by atoms with van der Waals surface area (Å²) in [4.78, 5) is 21.3. The number of aromatic nitrogens is 2. The summed E-state index contributed by atoms with van der Waals surface area (Å²) in [6.07, 6.45) is 1.75. The van der Waals surface area contributed by atoms with Crippen LogP contribution in [0.5, 0.6) is 0 Å². The van der Waals surface area contributed by atoms with Crippen LogP contribution in [-0.4, -0.2) is 29.2 Å². The van der Waals surface area contributed by atoms with E-state index in [1.54, 1.807) is 6.92 Å². The number of anilines is 1. The Morgan fingerprint density at radius 1 is 1.85 bits per heavy atom. The fourth-order valence-corrected chi connectivity index (χ4v) is 0.819. The molecule has 2 N–H and O–H groups in total. The van der Waals surface area contributed by atoms with Gasteiger partial charge in [0.15, 0.2) is 0 Å². The molecule has 0 spiro atoms. The topological polar surface area (TPSA) is 84.1 Å². The van der Waals surface area contributed by atoms with Crippen molar-refractivity contribution in [1.29, 1.82) is 0 Å². The summed E-state index contributed by atoms with van der Waals surface area (Å²) >= 11 is 0. The summed E-state index contributed by atoms with van der Waals surface area (Å²) in [5.41, 5.74) is 0.217. The van der Waals surface area contributed by atoms with Crippen molar-refractivity contribution >= 4 is 18.2 Å². The molecule has 0 saturated carbocycles. The van der Waals surface area contributed by atoms with Crippen LogP contribution in [0.15, 0.2) is 6.20 Å². The third-order valence-electron chi connectivity index (χ3n) is 1.34. The van der Waals surface area contributed by atoms with E-state index in [-0.39, 0.29) is 18.0 Å². The zero-order valence-electron chi connectivity index (χ0n) is 7.03. The Morgan fingerprint density at radius 3 is 3.23 bits per heavy atom. The van der Waals surface area contributed by atoms with Crippen LogP contribution in [0.3, 0.4) is 0 Å². The molecular formula is C7H9N3O3. The highest BCUT2D eigenvalue weighted by Crippen LogP contribution is 2.10. The SMILES string of the molecule is CCOC(=O)c1cn[nH]c1NC=O. The predicted molar refractivity (Wildman–Crippen MR) is 44.2 cm³/mol. The molecule has 0 aliphatic carbocycles. The van der Waals surface area contributed by atoms with E-state index in [4.69, 9.17) is 4.74 Å². The Bertz CT molecular complexity index is 308. The van der Waals surface area contributed by atoms with Gasteiger partial charge in [-0.15, -0.1) is 0 Å². The number of ether oxygens (including phenoxy) is 1. The number of nitrogens with one attached hydrogen (secondary N) is 2. The Labute approximate surface area is 74.3 Å². The van der Waals surface area contributed by atoms with Gasteiger partial charge in [0.2, 0.25) is 6.41 Å². The number of amides is 1. The number of hydrogen-bond donors (Lipinski definition) is 2. The van der Waals surface area contributed by atoms with Crippen molar-refractivity contribution in [3.63, 3.8) is 0 Å². The molecule has 0 saturated heterocycles. The number of carbonyl (C=O) groups is 2. The number of hydrogen-bond acceptors (Lipinski definition) is 4. The van der Waals surface area contributed by atoms with Gasteiger partial charge in [-0.1, -0.05) is 0 Å². The average Bonchev–Trinajstić information content (AvgIpc) is 2.54. The van der Waals surface area contributed by atoms with Crippen molar-refractivity contribution in [3.05, 3.63) is 11.8 Å². The van der Waals surface area contributed by atoms with Crippen LogP contribution in [0.25, 0.3) is 0 Å². The number of nitrogens with zero attached hydrogens (tertiary/aromatic N) is 1. The molecule has 6 nitrogen and oxygen atoms in total. The maximum Gasteiger partial charge on any atom is 0.343 e. The number of esters is 1. The molecule has 0 bridgehead atoms. The molecule has 0 aliphatic heterocycles. The second-order valence-electron chi connectivity index (χ2n) is 2.14. The minimum Gasteiger partial charge on any atom is -0.462 e. The first kappa shape index (κ1) is 9.24. The minimum atomic E-state index is -0.513. The van der Waals surface area contributed by atoms with Gasteiger partial charge in [0.1, 0.15) is 11.4 Å². The van der Waals surface area contributed by atoms with E-state index < -0.39 is 5.97 Å². The quantitative estimate of drug-likeness (QED) is 0.514. The monoisotopic (exact) mass is 183 g/mol. The van der Waals surface area contributed by atoms with Gasteiger partial charge >= 0.3 is 5.97 Å². The van der Waals surface area contributed by atoms with E-state index >= 15 is 0 Å². The van der Waals surface area contributed by atoms with Crippen LogP contribution in [0.4, 0.5) is 5.82 Å². The average molecular weight is 183 g/mol. The van der Waals surface area contributed by atoms with E-state index in [0.717, 1.165) is 0 Å². The predicted octanol–water partition coefficient (Wildman–Crippen LogP) is 0.155. The first-order chi connectivity index (χ1) is 6.29. The van der Waals surface area contributed by atoms with Crippen LogP contribution in [0.2, 0.25) is 0 Å². The van der Waals surface area contributed by atoms with E-state index in [9.17, 15) is 9.59 Å². The van der Waals surface area contributed by atoms with Crippen LogP contribution < -0.4 is 5.32 Å². The lowest BCUT2D eigenvalue weighted by molar-refractivity contribution is -0.105. The van der Waals surface area contributed by atoms with Crippen molar-refractivity contribution in [1.82, 2.24) is 10.2 Å². The number of carbonyl (C=O) groups excluding carboxylic acids is 2. The van der Waals surface area contributed by atoms with Gasteiger partial charge in [0, 0.05) is 0 Å². The van der Waals surface area contributed by atoms with Gasteiger partial charge < -0.3 is 10.1 Å². The van der Waals surface area contributed by atoms with Crippen molar-refractivity contribution in [3.8, 4) is 0 Å². The van der Waals surface area contributed by atoms with E-state index in [2.05, 4.69) is 15.5 Å². The molecule has 0 aromatic carbocycles. The molecule has 1 aromatic heterocycles. The van der Waals surface area contributed by atoms with E-state index in [1.807, 2.05) is 0 Å². The number of aromatic amines is 1. The number of rotatable bonds is 4. The van der Waals surface area contributed by atoms with Crippen molar-refractivity contribution < 1.29 is 14.3 Å². The van der Waals surface area contributed by atoms with Gasteiger partial charge in [-0.05, 0) is 6.92 Å². The fraction of sp³-hybridized carbons (Fsp3) is 0.286. The molecule has 70 valence electrons. The molecule has 0 radical (unpaired) electrons.